The molecule has 0 unspecified atom stereocenters. The Labute approximate surface area is 183 Å². The fourth-order valence-electron chi connectivity index (χ4n) is 3.14. The molecule has 0 saturated heterocycles. The molecule has 2 aromatic carbocycles. The topological polar surface area (TPSA) is 105 Å². The molecule has 0 fully saturated rings. The number of para-hydroxylation sites is 1. The fourth-order valence-corrected chi connectivity index (χ4v) is 4.35. The summed E-state index contributed by atoms with van der Waals surface area (Å²) in [6.45, 7) is 5.40. The maximum absolute atomic E-state index is 13.2. The number of carbonyl (C=O) groups excluding carboxylic acids is 2. The van der Waals surface area contributed by atoms with Gasteiger partial charge in [-0.25, -0.2) is 8.42 Å². The van der Waals surface area contributed by atoms with Gasteiger partial charge in [0.2, 0.25) is 15.9 Å². The van der Waals surface area contributed by atoms with Crippen LogP contribution in [0.25, 0.3) is 0 Å². The predicted octanol–water partition coefficient (Wildman–Crippen LogP) is 3.02. The molecule has 8 nitrogen and oxygen atoms in total. The van der Waals surface area contributed by atoms with Crippen LogP contribution >= 0.6 is 0 Å². The minimum Gasteiger partial charge on any atom is -0.497 e. The van der Waals surface area contributed by atoms with Crippen molar-refractivity contribution in [3.8, 4) is 5.75 Å². The zero-order chi connectivity index (χ0) is 23.2. The highest BCUT2D eigenvalue weighted by Crippen LogP contribution is 2.26. The van der Waals surface area contributed by atoms with Crippen LogP contribution in [0, 0.1) is 0 Å². The third-order valence-corrected chi connectivity index (χ3v) is 5.69. The highest BCUT2D eigenvalue weighted by molar-refractivity contribution is 7.92. The van der Waals surface area contributed by atoms with E-state index in [1.807, 2.05) is 13.8 Å². The number of amides is 2. The molecule has 0 aliphatic rings. The van der Waals surface area contributed by atoms with Gasteiger partial charge < -0.3 is 15.4 Å². The Kier molecular flexibility index (Phi) is 8.04. The third kappa shape index (κ3) is 6.21. The number of nitrogens with zero attached hydrogens (tertiary/aromatic N) is 1. The Bertz CT molecular complexity index is 1020. The second-order valence-electron chi connectivity index (χ2n) is 7.34. The normalized spacial score (nSPS) is 12.2. The van der Waals surface area contributed by atoms with E-state index >= 15 is 0 Å². The molecule has 0 aliphatic carbocycles. The van der Waals surface area contributed by atoms with E-state index in [0.717, 1.165) is 10.6 Å². The van der Waals surface area contributed by atoms with Crippen LogP contribution in [-0.4, -0.2) is 45.7 Å². The number of methoxy groups -OCH3 is 1. The molecule has 0 heterocycles. The largest absolute Gasteiger partial charge is 0.497 e. The summed E-state index contributed by atoms with van der Waals surface area (Å²) in [5, 5.41) is 5.52. The Balaban J connectivity index is 2.38. The van der Waals surface area contributed by atoms with Gasteiger partial charge in [0.05, 0.1) is 30.3 Å². The maximum atomic E-state index is 13.2. The average Bonchev–Trinajstić information content (AvgIpc) is 2.71. The lowest BCUT2D eigenvalue weighted by Gasteiger charge is -2.30. The van der Waals surface area contributed by atoms with Crippen molar-refractivity contribution in [2.45, 2.75) is 39.3 Å². The van der Waals surface area contributed by atoms with Crippen molar-refractivity contribution in [1.29, 1.82) is 0 Å². The minimum absolute atomic E-state index is 0.0737. The number of anilines is 2. The molecule has 2 amide bonds. The quantitative estimate of drug-likeness (QED) is 0.615. The standard InChI is InChI=1S/C22H29N3O5S/c1-6-20(25(31(5,28)29)16-11-13-17(30-4)14-12-16)22(27)24-19-10-8-7-9-18(19)21(26)23-15(2)3/h7-15,20H,6H2,1-5H3,(H,23,26)(H,24,27)/t20-/m1/s1. The van der Waals surface area contributed by atoms with Crippen molar-refractivity contribution in [1.82, 2.24) is 5.32 Å². The molecular formula is C22H29N3O5S. The lowest BCUT2D eigenvalue weighted by Crippen LogP contribution is -2.47. The molecule has 2 rings (SSSR count). The lowest BCUT2D eigenvalue weighted by atomic mass is 10.1. The fraction of sp³-hybridized carbons (Fsp3) is 0.364. The van der Waals surface area contributed by atoms with Crippen LogP contribution in [0.4, 0.5) is 11.4 Å². The predicted molar refractivity (Wildman–Crippen MR) is 122 cm³/mol. The van der Waals surface area contributed by atoms with E-state index in [9.17, 15) is 18.0 Å². The molecule has 0 spiro atoms. The van der Waals surface area contributed by atoms with Gasteiger partial charge in [-0.05, 0) is 56.7 Å². The number of benzene rings is 2. The van der Waals surface area contributed by atoms with E-state index in [1.54, 1.807) is 55.5 Å². The zero-order valence-electron chi connectivity index (χ0n) is 18.4. The van der Waals surface area contributed by atoms with Crippen LogP contribution in [0.5, 0.6) is 5.75 Å². The maximum Gasteiger partial charge on any atom is 0.253 e. The van der Waals surface area contributed by atoms with E-state index in [-0.39, 0.29) is 18.4 Å². The van der Waals surface area contributed by atoms with Crippen LogP contribution in [0.15, 0.2) is 48.5 Å². The second kappa shape index (κ2) is 10.3. The van der Waals surface area contributed by atoms with E-state index in [2.05, 4.69) is 10.6 Å². The van der Waals surface area contributed by atoms with Crippen molar-refractivity contribution < 1.29 is 22.7 Å². The van der Waals surface area contributed by atoms with E-state index in [4.69, 9.17) is 4.74 Å². The van der Waals surface area contributed by atoms with Crippen molar-refractivity contribution >= 4 is 33.2 Å². The van der Waals surface area contributed by atoms with Gasteiger partial charge in [0.25, 0.3) is 5.91 Å². The zero-order valence-corrected chi connectivity index (χ0v) is 19.2. The van der Waals surface area contributed by atoms with Crippen LogP contribution < -0.4 is 19.7 Å². The number of rotatable bonds is 9. The first-order chi connectivity index (χ1) is 14.6. The number of carbonyl (C=O) groups is 2. The molecule has 168 valence electrons. The summed E-state index contributed by atoms with van der Waals surface area (Å²) in [5.74, 6) is -0.289. The van der Waals surface area contributed by atoms with Crippen molar-refractivity contribution in [2.24, 2.45) is 0 Å². The molecule has 31 heavy (non-hydrogen) atoms. The third-order valence-electron chi connectivity index (χ3n) is 4.51. The first-order valence-corrected chi connectivity index (χ1v) is 11.8. The molecule has 9 heteroatoms. The second-order valence-corrected chi connectivity index (χ2v) is 9.20. The number of hydrogen-bond acceptors (Lipinski definition) is 5. The molecule has 0 bridgehead atoms. The highest BCUT2D eigenvalue weighted by Gasteiger charge is 2.32. The molecule has 0 radical (unpaired) electrons. The summed E-state index contributed by atoms with van der Waals surface area (Å²) >= 11 is 0. The van der Waals surface area contributed by atoms with Gasteiger partial charge in [-0.2, -0.15) is 0 Å². The first-order valence-electron chi connectivity index (χ1n) is 9.92. The van der Waals surface area contributed by atoms with E-state index in [1.165, 1.54) is 7.11 Å². The van der Waals surface area contributed by atoms with Gasteiger partial charge in [-0.3, -0.25) is 13.9 Å². The molecule has 2 N–H and O–H groups in total. The van der Waals surface area contributed by atoms with Gasteiger partial charge in [-0.1, -0.05) is 19.1 Å². The van der Waals surface area contributed by atoms with Gasteiger partial charge in [0, 0.05) is 6.04 Å². The highest BCUT2D eigenvalue weighted by atomic mass is 32.2. The van der Waals surface area contributed by atoms with Gasteiger partial charge >= 0.3 is 0 Å². The first kappa shape index (κ1) is 24.2. The summed E-state index contributed by atoms with van der Waals surface area (Å²) in [5.41, 5.74) is 0.957. The summed E-state index contributed by atoms with van der Waals surface area (Å²) in [4.78, 5) is 25.6. The van der Waals surface area contributed by atoms with E-state index in [0.29, 0.717) is 22.7 Å². The number of hydrogen-bond donors (Lipinski definition) is 2. The molecule has 0 saturated carbocycles. The number of ether oxygens (including phenoxy) is 1. The Hall–Kier alpha value is -3.07. The summed E-state index contributed by atoms with van der Waals surface area (Å²) in [6, 6.07) is 11.9. The minimum atomic E-state index is -3.78. The van der Waals surface area contributed by atoms with Crippen LogP contribution in [-0.2, 0) is 14.8 Å². The van der Waals surface area contributed by atoms with Crippen LogP contribution in [0.2, 0.25) is 0 Å². The van der Waals surface area contributed by atoms with Crippen LogP contribution in [0.3, 0.4) is 0 Å². The molecule has 0 aromatic heterocycles. The molecule has 0 aliphatic heterocycles. The summed E-state index contributed by atoms with van der Waals surface area (Å²) in [6.07, 6.45) is 1.28. The Morgan fingerprint density at radius 2 is 1.68 bits per heavy atom. The molecule has 2 aromatic rings. The molecular weight excluding hydrogens is 418 g/mol. The monoisotopic (exact) mass is 447 g/mol. The Morgan fingerprint density at radius 3 is 2.19 bits per heavy atom. The summed E-state index contributed by atoms with van der Waals surface area (Å²) < 4.78 is 31.4. The SMILES string of the molecule is CC[C@H](C(=O)Nc1ccccc1C(=O)NC(C)C)N(c1ccc(OC)cc1)S(C)(=O)=O. The van der Waals surface area contributed by atoms with Gasteiger partial charge in [0.1, 0.15) is 11.8 Å². The van der Waals surface area contributed by atoms with Crippen molar-refractivity contribution in [2.75, 3.05) is 23.0 Å². The number of sulfonamides is 1. The number of nitrogens with one attached hydrogen (secondary N) is 2. The smallest absolute Gasteiger partial charge is 0.253 e. The van der Waals surface area contributed by atoms with Gasteiger partial charge in [-0.15, -0.1) is 0 Å². The van der Waals surface area contributed by atoms with E-state index < -0.39 is 22.0 Å². The van der Waals surface area contributed by atoms with Crippen LogP contribution in [0.1, 0.15) is 37.6 Å². The summed E-state index contributed by atoms with van der Waals surface area (Å²) in [7, 11) is -2.26. The average molecular weight is 448 g/mol. The molecule has 1 atom stereocenters. The van der Waals surface area contributed by atoms with Gasteiger partial charge in [0.15, 0.2) is 0 Å². The van der Waals surface area contributed by atoms with Crippen molar-refractivity contribution in [3.63, 3.8) is 0 Å². The van der Waals surface area contributed by atoms with Crippen molar-refractivity contribution in [3.05, 3.63) is 54.1 Å². The Morgan fingerprint density at radius 1 is 1.06 bits per heavy atom. The lowest BCUT2D eigenvalue weighted by molar-refractivity contribution is -0.117.